The van der Waals surface area contributed by atoms with Crippen LogP contribution in [0.3, 0.4) is 0 Å². The summed E-state index contributed by atoms with van der Waals surface area (Å²) in [5.41, 5.74) is 5.49. The van der Waals surface area contributed by atoms with Crippen molar-refractivity contribution in [3.8, 4) is 11.5 Å². The van der Waals surface area contributed by atoms with Gasteiger partial charge in [0.25, 0.3) is 0 Å². The molecule has 0 fully saturated rings. The Morgan fingerprint density at radius 2 is 1.51 bits per heavy atom. The molecule has 194 valence electrons. The summed E-state index contributed by atoms with van der Waals surface area (Å²) in [6.07, 6.45) is 3.71. The number of hydrogen-bond donors (Lipinski definition) is 2. The largest absolute Gasteiger partial charge is 0.493 e. The molecule has 8 nitrogen and oxygen atoms in total. The molecule has 2 heterocycles. The van der Waals surface area contributed by atoms with Crippen LogP contribution < -0.4 is 20.1 Å². The number of nitrogens with one attached hydrogen (secondary N) is 2. The highest BCUT2D eigenvalue weighted by molar-refractivity contribution is 6.00. The Hall–Kier alpha value is -3.94. The Bertz CT molecular complexity index is 1280. The second kappa shape index (κ2) is 11.4. The molecule has 1 aliphatic carbocycles. The lowest BCUT2D eigenvalue weighted by Gasteiger charge is -2.20. The van der Waals surface area contributed by atoms with Crippen LogP contribution in [0.5, 0.6) is 11.5 Å². The van der Waals surface area contributed by atoms with E-state index in [-0.39, 0.29) is 0 Å². The van der Waals surface area contributed by atoms with Crippen LogP contribution >= 0.6 is 0 Å². The lowest BCUT2D eigenvalue weighted by Crippen LogP contribution is -2.22. The molecule has 2 N–H and O–H groups in total. The van der Waals surface area contributed by atoms with Crippen molar-refractivity contribution in [3.05, 3.63) is 81.8 Å². The molecule has 0 unspecified atom stereocenters. The maximum atomic E-state index is 6.23. The number of hydrogen-bond acceptors (Lipinski definition) is 8. The van der Waals surface area contributed by atoms with Gasteiger partial charge in [-0.2, -0.15) is 0 Å². The summed E-state index contributed by atoms with van der Waals surface area (Å²) in [5.74, 6) is 4.90. The maximum Gasteiger partial charge on any atom is 0.161 e. The van der Waals surface area contributed by atoms with Crippen molar-refractivity contribution in [3.63, 3.8) is 0 Å². The van der Waals surface area contributed by atoms with Crippen molar-refractivity contribution < 1.29 is 18.9 Å². The van der Waals surface area contributed by atoms with Gasteiger partial charge in [0.15, 0.2) is 17.3 Å². The fourth-order valence-corrected chi connectivity index (χ4v) is 4.77. The van der Waals surface area contributed by atoms with Crippen LogP contribution in [-0.2, 0) is 22.7 Å². The number of ether oxygens (including phenoxy) is 4. The van der Waals surface area contributed by atoms with Crippen molar-refractivity contribution in [2.75, 3.05) is 40.4 Å². The number of methoxy groups -OCH3 is 2. The van der Waals surface area contributed by atoms with E-state index in [4.69, 9.17) is 18.9 Å². The number of allylic oxidation sites excluding steroid dienone is 2. The summed E-state index contributed by atoms with van der Waals surface area (Å²) >= 11 is 0. The second-order valence-electron chi connectivity index (χ2n) is 9.25. The van der Waals surface area contributed by atoms with Crippen LogP contribution in [0.2, 0.25) is 0 Å². The lowest BCUT2D eigenvalue weighted by molar-refractivity contribution is 0.159. The minimum Gasteiger partial charge on any atom is -0.493 e. The first kappa shape index (κ1) is 24.7. The fourth-order valence-electron chi connectivity index (χ4n) is 4.77. The normalized spacial score (nSPS) is 16.9. The molecule has 8 heteroatoms. The highest BCUT2D eigenvalue weighted by atomic mass is 16.5. The molecule has 3 aliphatic rings. The molecule has 0 amide bonds. The van der Waals surface area contributed by atoms with E-state index in [2.05, 4.69) is 45.7 Å². The zero-order valence-electron chi connectivity index (χ0n) is 21.7. The predicted octanol–water partition coefficient (Wildman–Crippen LogP) is 4.03. The molecule has 5 rings (SSSR count). The zero-order valence-corrected chi connectivity index (χ0v) is 21.7. The third kappa shape index (κ3) is 5.90. The van der Waals surface area contributed by atoms with E-state index >= 15 is 0 Å². The van der Waals surface area contributed by atoms with Gasteiger partial charge in [0.05, 0.1) is 27.3 Å². The Kier molecular flexibility index (Phi) is 7.63. The number of aliphatic imine (C=N–C) groups is 2. The van der Waals surface area contributed by atoms with E-state index in [1.54, 1.807) is 14.2 Å². The van der Waals surface area contributed by atoms with E-state index < -0.39 is 0 Å². The average molecular weight is 503 g/mol. The van der Waals surface area contributed by atoms with Crippen molar-refractivity contribution in [1.29, 1.82) is 0 Å². The quantitative estimate of drug-likeness (QED) is 0.510. The van der Waals surface area contributed by atoms with Crippen LogP contribution in [0.1, 0.15) is 35.1 Å². The van der Waals surface area contributed by atoms with Crippen LogP contribution in [0.15, 0.2) is 69.6 Å². The van der Waals surface area contributed by atoms with Crippen LogP contribution in [0.25, 0.3) is 0 Å². The number of benzene rings is 2. The Balaban J connectivity index is 1.24. The first-order valence-corrected chi connectivity index (χ1v) is 12.7. The van der Waals surface area contributed by atoms with E-state index in [0.717, 1.165) is 84.5 Å². The first-order chi connectivity index (χ1) is 18.1. The van der Waals surface area contributed by atoms with Gasteiger partial charge >= 0.3 is 0 Å². The van der Waals surface area contributed by atoms with Gasteiger partial charge in [-0.3, -0.25) is 9.98 Å². The first-order valence-electron chi connectivity index (χ1n) is 12.7. The van der Waals surface area contributed by atoms with Gasteiger partial charge in [-0.25, -0.2) is 0 Å². The molecule has 0 atom stereocenters. The summed E-state index contributed by atoms with van der Waals surface area (Å²) in [6.45, 7) is 6.36. The predicted molar refractivity (Wildman–Crippen MR) is 144 cm³/mol. The third-order valence-electron chi connectivity index (χ3n) is 6.52. The molecule has 2 aromatic rings. The molecule has 0 saturated carbocycles. The molecule has 0 saturated heterocycles. The third-order valence-corrected chi connectivity index (χ3v) is 6.52. The van der Waals surface area contributed by atoms with E-state index in [1.807, 2.05) is 24.3 Å². The lowest BCUT2D eigenvalue weighted by atomic mass is 10.0. The van der Waals surface area contributed by atoms with Crippen molar-refractivity contribution in [2.24, 2.45) is 9.98 Å². The number of amidine groups is 2. The molecule has 2 aliphatic heterocycles. The highest BCUT2D eigenvalue weighted by Gasteiger charge is 2.20. The summed E-state index contributed by atoms with van der Waals surface area (Å²) in [7, 11) is 3.34. The zero-order chi connectivity index (χ0) is 25.6. The van der Waals surface area contributed by atoms with Gasteiger partial charge < -0.3 is 29.6 Å². The Labute approximate surface area is 218 Å². The summed E-state index contributed by atoms with van der Waals surface area (Å²) < 4.78 is 23.6. The molecule has 2 aromatic carbocycles. The van der Waals surface area contributed by atoms with E-state index in [0.29, 0.717) is 24.7 Å². The van der Waals surface area contributed by atoms with Crippen LogP contribution in [-0.4, -0.2) is 52.1 Å². The molecule has 0 radical (unpaired) electrons. The summed E-state index contributed by atoms with van der Waals surface area (Å²) in [4.78, 5) is 9.01. The Morgan fingerprint density at radius 1 is 0.784 bits per heavy atom. The van der Waals surface area contributed by atoms with E-state index in [9.17, 15) is 0 Å². The van der Waals surface area contributed by atoms with Crippen LogP contribution in [0.4, 0.5) is 0 Å². The summed E-state index contributed by atoms with van der Waals surface area (Å²) in [5, 5.41) is 6.63. The topological polar surface area (TPSA) is 85.7 Å². The number of nitrogens with zero attached hydrogens (tertiary/aromatic N) is 2. The van der Waals surface area contributed by atoms with Crippen molar-refractivity contribution >= 4 is 11.7 Å². The average Bonchev–Trinajstić information content (AvgIpc) is 3.65. The highest BCUT2D eigenvalue weighted by Crippen LogP contribution is 2.30. The minimum absolute atomic E-state index is 0.427. The molecule has 0 aromatic heterocycles. The SMILES string of the molecule is COC1=C(OCc2cc(C)cc(COc3ccc(C4=NCCN4)cc3OC)c2)CCC(C2=NCCN2)=C1. The number of rotatable bonds is 10. The molecular formula is C29H34N4O4. The van der Waals surface area contributed by atoms with Crippen molar-refractivity contribution in [1.82, 2.24) is 10.6 Å². The smallest absolute Gasteiger partial charge is 0.161 e. The fraction of sp³-hybridized carbons (Fsp3) is 0.379. The van der Waals surface area contributed by atoms with Gasteiger partial charge in [-0.05, 0) is 60.4 Å². The summed E-state index contributed by atoms with van der Waals surface area (Å²) in [6, 6.07) is 12.3. The molecule has 0 spiro atoms. The van der Waals surface area contributed by atoms with Crippen molar-refractivity contribution in [2.45, 2.75) is 33.0 Å². The van der Waals surface area contributed by atoms with Gasteiger partial charge in [-0.15, -0.1) is 0 Å². The Morgan fingerprint density at radius 3 is 2.19 bits per heavy atom. The van der Waals surface area contributed by atoms with Gasteiger partial charge in [-0.1, -0.05) is 17.7 Å². The van der Waals surface area contributed by atoms with Gasteiger partial charge in [0.2, 0.25) is 0 Å². The van der Waals surface area contributed by atoms with E-state index in [1.165, 1.54) is 5.57 Å². The van der Waals surface area contributed by atoms with Gasteiger partial charge in [0, 0.05) is 25.1 Å². The minimum atomic E-state index is 0.427. The standard InChI is InChI=1S/C29H34N4O4/c1-19-12-20(17-36-24-6-4-22(15-26(24)34-2)28-30-8-9-31-28)14-21(13-19)18-37-25-7-5-23(16-27(25)35-3)29-32-10-11-33-29/h4,6,12-16H,5,7-11,17-18H2,1-3H3,(H,30,31)(H,32,33). The molecular weight excluding hydrogens is 468 g/mol. The molecule has 0 bridgehead atoms. The monoisotopic (exact) mass is 502 g/mol. The van der Waals surface area contributed by atoms with Gasteiger partial charge in [0.1, 0.15) is 30.6 Å². The molecule has 37 heavy (non-hydrogen) atoms. The second-order valence-corrected chi connectivity index (χ2v) is 9.25. The number of aryl methyl sites for hydroxylation is 1. The maximum absolute atomic E-state index is 6.23. The van der Waals surface area contributed by atoms with Crippen LogP contribution in [0, 0.1) is 6.92 Å².